The molecular formula is C18H13NS. The molecule has 0 aliphatic heterocycles. The SMILES string of the molecule is c1ccc(Nc2cccc3sc4ccccc4c23)cc1. The smallest absolute Gasteiger partial charge is 0.0478 e. The minimum absolute atomic E-state index is 1.12. The summed E-state index contributed by atoms with van der Waals surface area (Å²) >= 11 is 1.85. The fourth-order valence-corrected chi connectivity index (χ4v) is 3.69. The van der Waals surface area contributed by atoms with Crippen LogP contribution in [-0.2, 0) is 0 Å². The standard InChI is InChI=1S/C18H13NS/c1-2-7-13(8-3-1)19-15-10-6-12-17-18(15)14-9-4-5-11-16(14)20-17/h1-12,19H. The molecular weight excluding hydrogens is 262 g/mol. The van der Waals surface area contributed by atoms with Crippen LogP contribution in [0.15, 0.2) is 72.8 Å². The molecule has 4 aromatic rings. The summed E-state index contributed by atoms with van der Waals surface area (Å²) in [5.74, 6) is 0. The summed E-state index contributed by atoms with van der Waals surface area (Å²) in [6.07, 6.45) is 0. The van der Waals surface area contributed by atoms with E-state index in [4.69, 9.17) is 0 Å². The van der Waals surface area contributed by atoms with Gasteiger partial charge in [0.05, 0.1) is 0 Å². The first-order valence-electron chi connectivity index (χ1n) is 6.64. The van der Waals surface area contributed by atoms with Crippen LogP contribution in [-0.4, -0.2) is 0 Å². The maximum atomic E-state index is 3.53. The second kappa shape index (κ2) is 4.66. The van der Waals surface area contributed by atoms with Gasteiger partial charge in [-0.25, -0.2) is 0 Å². The highest BCUT2D eigenvalue weighted by atomic mass is 32.1. The van der Waals surface area contributed by atoms with E-state index < -0.39 is 0 Å². The molecule has 0 atom stereocenters. The van der Waals surface area contributed by atoms with Crippen molar-refractivity contribution >= 4 is 42.9 Å². The zero-order valence-corrected chi connectivity index (χ0v) is 11.7. The Hall–Kier alpha value is -2.32. The molecule has 0 unspecified atom stereocenters. The molecule has 4 rings (SSSR count). The van der Waals surface area contributed by atoms with Gasteiger partial charge in [-0.3, -0.25) is 0 Å². The van der Waals surface area contributed by atoms with Gasteiger partial charge in [-0.1, -0.05) is 42.5 Å². The van der Waals surface area contributed by atoms with Gasteiger partial charge in [0.2, 0.25) is 0 Å². The van der Waals surface area contributed by atoms with Crippen LogP contribution < -0.4 is 5.32 Å². The summed E-state index contributed by atoms with van der Waals surface area (Å²) in [5.41, 5.74) is 2.29. The van der Waals surface area contributed by atoms with Gasteiger partial charge in [0.15, 0.2) is 0 Å². The molecule has 96 valence electrons. The lowest BCUT2D eigenvalue weighted by molar-refractivity contribution is 1.59. The van der Waals surface area contributed by atoms with Crippen molar-refractivity contribution in [2.75, 3.05) is 5.32 Å². The number of hydrogen-bond acceptors (Lipinski definition) is 2. The van der Waals surface area contributed by atoms with E-state index in [1.165, 1.54) is 25.9 Å². The van der Waals surface area contributed by atoms with E-state index in [0.717, 1.165) is 5.69 Å². The number of nitrogens with one attached hydrogen (secondary N) is 1. The molecule has 0 fully saturated rings. The second-order valence-corrected chi connectivity index (χ2v) is 5.85. The monoisotopic (exact) mass is 275 g/mol. The number of para-hydroxylation sites is 1. The summed E-state index contributed by atoms with van der Waals surface area (Å²) in [5, 5.41) is 6.17. The average Bonchev–Trinajstić information content (AvgIpc) is 2.88. The highest BCUT2D eigenvalue weighted by Gasteiger charge is 2.08. The van der Waals surface area contributed by atoms with E-state index in [1.807, 2.05) is 29.5 Å². The maximum absolute atomic E-state index is 3.53. The summed E-state index contributed by atoms with van der Waals surface area (Å²) in [7, 11) is 0. The number of anilines is 2. The van der Waals surface area contributed by atoms with Gasteiger partial charge in [-0.2, -0.15) is 0 Å². The Labute approximate surface area is 121 Å². The van der Waals surface area contributed by atoms with Crippen molar-refractivity contribution in [2.45, 2.75) is 0 Å². The van der Waals surface area contributed by atoms with Gasteiger partial charge in [0.1, 0.15) is 0 Å². The summed E-state index contributed by atoms with van der Waals surface area (Å²) in [6, 6.07) is 25.4. The van der Waals surface area contributed by atoms with Gasteiger partial charge in [-0.15, -0.1) is 11.3 Å². The molecule has 0 saturated heterocycles. The van der Waals surface area contributed by atoms with E-state index in [2.05, 4.69) is 59.9 Å². The first-order valence-corrected chi connectivity index (χ1v) is 7.46. The van der Waals surface area contributed by atoms with Gasteiger partial charge in [0.25, 0.3) is 0 Å². The van der Waals surface area contributed by atoms with Gasteiger partial charge in [-0.05, 0) is 30.3 Å². The normalized spacial score (nSPS) is 11.0. The Morgan fingerprint density at radius 3 is 2.30 bits per heavy atom. The number of benzene rings is 3. The molecule has 1 N–H and O–H groups in total. The molecule has 0 amide bonds. The van der Waals surface area contributed by atoms with Crippen LogP contribution in [0, 0.1) is 0 Å². The van der Waals surface area contributed by atoms with Crippen molar-refractivity contribution in [3.8, 4) is 0 Å². The first-order chi connectivity index (χ1) is 9.92. The van der Waals surface area contributed by atoms with E-state index >= 15 is 0 Å². The van der Waals surface area contributed by atoms with Crippen molar-refractivity contribution in [2.24, 2.45) is 0 Å². The Kier molecular flexibility index (Phi) is 2.68. The van der Waals surface area contributed by atoms with Crippen molar-refractivity contribution in [1.82, 2.24) is 0 Å². The highest BCUT2D eigenvalue weighted by Crippen LogP contribution is 2.38. The van der Waals surface area contributed by atoms with Crippen LogP contribution in [0.1, 0.15) is 0 Å². The Bertz CT molecular complexity index is 878. The molecule has 0 radical (unpaired) electrons. The number of hydrogen-bond donors (Lipinski definition) is 1. The summed E-state index contributed by atoms with van der Waals surface area (Å²) in [4.78, 5) is 0. The predicted molar refractivity (Wildman–Crippen MR) is 89.1 cm³/mol. The Morgan fingerprint density at radius 2 is 1.40 bits per heavy atom. The van der Waals surface area contributed by atoms with Gasteiger partial charge < -0.3 is 5.32 Å². The van der Waals surface area contributed by atoms with Gasteiger partial charge in [0, 0.05) is 31.5 Å². The van der Waals surface area contributed by atoms with Crippen molar-refractivity contribution < 1.29 is 0 Å². The fourth-order valence-electron chi connectivity index (χ4n) is 2.56. The van der Waals surface area contributed by atoms with Crippen molar-refractivity contribution in [3.63, 3.8) is 0 Å². The van der Waals surface area contributed by atoms with Crippen LogP contribution in [0.4, 0.5) is 11.4 Å². The quantitative estimate of drug-likeness (QED) is 0.487. The average molecular weight is 275 g/mol. The first kappa shape index (κ1) is 11.5. The molecule has 0 aliphatic rings. The lowest BCUT2D eigenvalue weighted by atomic mass is 10.1. The van der Waals surface area contributed by atoms with E-state index in [0.29, 0.717) is 0 Å². The largest absolute Gasteiger partial charge is 0.355 e. The molecule has 2 heteroatoms. The minimum atomic E-state index is 1.12. The number of thiophene rings is 1. The summed E-state index contributed by atoms with van der Waals surface area (Å²) < 4.78 is 2.66. The van der Waals surface area contributed by atoms with Crippen LogP contribution >= 0.6 is 11.3 Å². The van der Waals surface area contributed by atoms with E-state index in [1.54, 1.807) is 0 Å². The third kappa shape index (κ3) is 1.86. The van der Waals surface area contributed by atoms with Crippen LogP contribution in [0.2, 0.25) is 0 Å². The molecule has 1 heterocycles. The molecule has 3 aromatic carbocycles. The van der Waals surface area contributed by atoms with Crippen LogP contribution in [0.3, 0.4) is 0 Å². The Balaban J connectivity index is 1.95. The highest BCUT2D eigenvalue weighted by molar-refractivity contribution is 7.25. The van der Waals surface area contributed by atoms with E-state index in [9.17, 15) is 0 Å². The molecule has 0 spiro atoms. The van der Waals surface area contributed by atoms with Crippen LogP contribution in [0.5, 0.6) is 0 Å². The Morgan fingerprint density at radius 1 is 0.650 bits per heavy atom. The number of fused-ring (bicyclic) bond motifs is 3. The van der Waals surface area contributed by atoms with Gasteiger partial charge >= 0.3 is 0 Å². The molecule has 1 nitrogen and oxygen atoms in total. The lowest BCUT2D eigenvalue weighted by Gasteiger charge is -2.08. The third-order valence-electron chi connectivity index (χ3n) is 3.46. The molecule has 0 aliphatic carbocycles. The molecule has 20 heavy (non-hydrogen) atoms. The topological polar surface area (TPSA) is 12.0 Å². The fraction of sp³-hybridized carbons (Fsp3) is 0. The van der Waals surface area contributed by atoms with Crippen molar-refractivity contribution in [3.05, 3.63) is 72.8 Å². The zero-order chi connectivity index (χ0) is 13.4. The predicted octanol–water partition coefficient (Wildman–Crippen LogP) is 5.80. The van der Waals surface area contributed by atoms with Crippen LogP contribution in [0.25, 0.3) is 20.2 Å². The molecule has 1 aromatic heterocycles. The lowest BCUT2D eigenvalue weighted by Crippen LogP contribution is -1.89. The second-order valence-electron chi connectivity index (χ2n) is 4.77. The minimum Gasteiger partial charge on any atom is -0.355 e. The maximum Gasteiger partial charge on any atom is 0.0478 e. The third-order valence-corrected chi connectivity index (χ3v) is 4.59. The van der Waals surface area contributed by atoms with Crippen molar-refractivity contribution in [1.29, 1.82) is 0 Å². The zero-order valence-electron chi connectivity index (χ0n) is 10.8. The molecule has 0 bridgehead atoms. The number of rotatable bonds is 2. The van der Waals surface area contributed by atoms with E-state index in [-0.39, 0.29) is 0 Å². The summed E-state index contributed by atoms with van der Waals surface area (Å²) in [6.45, 7) is 0. The molecule has 0 saturated carbocycles.